The molecule has 2 rings (SSSR count). The lowest BCUT2D eigenvalue weighted by atomic mass is 9.73. The van der Waals surface area contributed by atoms with E-state index in [9.17, 15) is 9.59 Å². The lowest BCUT2D eigenvalue weighted by Crippen LogP contribution is -2.35. The van der Waals surface area contributed by atoms with Gasteiger partial charge in [-0.15, -0.1) is 0 Å². The second-order valence-electron chi connectivity index (χ2n) is 5.96. The summed E-state index contributed by atoms with van der Waals surface area (Å²) in [6.07, 6.45) is 2.22. The second kappa shape index (κ2) is 6.05. The number of rotatable bonds is 3. The van der Waals surface area contributed by atoms with Crippen LogP contribution < -0.4 is 0 Å². The van der Waals surface area contributed by atoms with Crippen molar-refractivity contribution in [2.24, 2.45) is 11.3 Å². The SMILES string of the molecule is [C-]#[N+]c1ccc(C(=O)C2CC(C)(C)C=C(OC)C2=O)cc1Br. The third-order valence-electron chi connectivity index (χ3n) is 3.70. The predicted molar refractivity (Wildman–Crippen MR) is 86.7 cm³/mol. The van der Waals surface area contributed by atoms with Gasteiger partial charge in [0.15, 0.2) is 11.5 Å². The van der Waals surface area contributed by atoms with E-state index >= 15 is 0 Å². The number of carbonyl (C=O) groups is 2. The van der Waals surface area contributed by atoms with E-state index in [-0.39, 0.29) is 22.7 Å². The van der Waals surface area contributed by atoms with Gasteiger partial charge in [-0.2, -0.15) is 0 Å². The first-order valence-electron chi connectivity index (χ1n) is 6.81. The van der Waals surface area contributed by atoms with Crippen LogP contribution in [-0.4, -0.2) is 18.7 Å². The Kier molecular flexibility index (Phi) is 4.52. The Bertz CT molecular complexity index is 713. The summed E-state index contributed by atoms with van der Waals surface area (Å²) in [7, 11) is 1.44. The topological polar surface area (TPSA) is 47.7 Å². The zero-order valence-electron chi connectivity index (χ0n) is 12.6. The monoisotopic (exact) mass is 361 g/mol. The largest absolute Gasteiger partial charge is 0.493 e. The highest BCUT2D eigenvalue weighted by Gasteiger charge is 2.39. The Labute approximate surface area is 138 Å². The molecule has 0 heterocycles. The van der Waals surface area contributed by atoms with Gasteiger partial charge in [0.2, 0.25) is 11.5 Å². The number of nitrogens with zero attached hydrogens (tertiary/aromatic N) is 1. The molecule has 1 aromatic carbocycles. The fraction of sp³-hybridized carbons (Fsp3) is 0.353. The van der Waals surface area contributed by atoms with Crippen molar-refractivity contribution in [1.82, 2.24) is 0 Å². The van der Waals surface area contributed by atoms with Crippen LogP contribution in [0.15, 0.2) is 34.5 Å². The van der Waals surface area contributed by atoms with E-state index in [2.05, 4.69) is 20.8 Å². The Hall–Kier alpha value is -1.93. The van der Waals surface area contributed by atoms with Crippen LogP contribution in [0.25, 0.3) is 4.85 Å². The minimum absolute atomic E-state index is 0.238. The van der Waals surface area contributed by atoms with Gasteiger partial charge >= 0.3 is 0 Å². The number of halogens is 1. The summed E-state index contributed by atoms with van der Waals surface area (Å²) in [6.45, 7) is 11.0. The van der Waals surface area contributed by atoms with Crippen molar-refractivity contribution in [3.05, 3.63) is 51.5 Å². The molecule has 1 atom stereocenters. The number of carbonyl (C=O) groups excluding carboxylic acids is 2. The average molecular weight is 362 g/mol. The van der Waals surface area contributed by atoms with Crippen LogP contribution in [0.3, 0.4) is 0 Å². The molecule has 5 heteroatoms. The van der Waals surface area contributed by atoms with Crippen molar-refractivity contribution in [2.45, 2.75) is 20.3 Å². The number of hydrogen-bond donors (Lipinski definition) is 0. The van der Waals surface area contributed by atoms with Gasteiger partial charge in [0.25, 0.3) is 0 Å². The Balaban J connectivity index is 2.37. The normalized spacial score (nSPS) is 20.0. The summed E-state index contributed by atoms with van der Waals surface area (Å²) in [6, 6.07) is 4.77. The summed E-state index contributed by atoms with van der Waals surface area (Å²) >= 11 is 3.28. The van der Waals surface area contributed by atoms with E-state index in [4.69, 9.17) is 11.3 Å². The highest BCUT2D eigenvalue weighted by molar-refractivity contribution is 9.10. The van der Waals surface area contributed by atoms with Crippen LogP contribution in [0.5, 0.6) is 0 Å². The number of Topliss-reactive ketones (excluding diaryl/α,β-unsaturated/α-hetero) is 2. The molecule has 0 saturated heterocycles. The van der Waals surface area contributed by atoms with Crippen molar-refractivity contribution in [3.8, 4) is 0 Å². The first-order chi connectivity index (χ1) is 10.3. The number of ether oxygens (including phenoxy) is 1. The van der Waals surface area contributed by atoms with Crippen LogP contribution in [0, 0.1) is 17.9 Å². The highest BCUT2D eigenvalue weighted by atomic mass is 79.9. The van der Waals surface area contributed by atoms with Crippen LogP contribution in [-0.2, 0) is 9.53 Å². The smallest absolute Gasteiger partial charge is 0.207 e. The first-order valence-corrected chi connectivity index (χ1v) is 7.60. The molecule has 1 aromatic rings. The average Bonchev–Trinajstić information content (AvgIpc) is 2.48. The van der Waals surface area contributed by atoms with Crippen LogP contribution >= 0.6 is 15.9 Å². The van der Waals surface area contributed by atoms with Crippen LogP contribution in [0.4, 0.5) is 5.69 Å². The summed E-state index contributed by atoms with van der Waals surface area (Å²) in [5, 5.41) is 0. The minimum atomic E-state index is -0.749. The maximum Gasteiger partial charge on any atom is 0.207 e. The standard InChI is InChI=1S/C17H16BrNO3/c1-17(2)8-11(16(21)14(9-17)22-4)15(20)10-5-6-13(19-3)12(18)7-10/h5-7,9,11H,8H2,1-2,4H3. The molecule has 4 nitrogen and oxygen atoms in total. The maximum absolute atomic E-state index is 12.7. The molecule has 1 aliphatic rings. The molecule has 114 valence electrons. The fourth-order valence-corrected chi connectivity index (χ4v) is 3.07. The quantitative estimate of drug-likeness (QED) is 0.457. The van der Waals surface area contributed by atoms with E-state index < -0.39 is 5.92 Å². The zero-order chi connectivity index (χ0) is 16.5. The third-order valence-corrected chi connectivity index (χ3v) is 4.34. The molecule has 0 radical (unpaired) electrons. The number of benzene rings is 1. The lowest BCUT2D eigenvalue weighted by Gasteiger charge is -2.31. The number of ketones is 2. The molecule has 1 unspecified atom stereocenters. The molecule has 0 N–H and O–H groups in total. The van der Waals surface area contributed by atoms with Gasteiger partial charge in [-0.3, -0.25) is 9.59 Å². The zero-order valence-corrected chi connectivity index (χ0v) is 14.2. The molecular formula is C17H16BrNO3. The van der Waals surface area contributed by atoms with Gasteiger partial charge in [0.1, 0.15) is 0 Å². The van der Waals surface area contributed by atoms with Crippen molar-refractivity contribution < 1.29 is 14.3 Å². The Morgan fingerprint density at radius 3 is 2.68 bits per heavy atom. The lowest BCUT2D eigenvalue weighted by molar-refractivity contribution is -0.122. The van der Waals surface area contributed by atoms with E-state index in [1.807, 2.05) is 13.8 Å². The number of methoxy groups -OCH3 is 1. The van der Waals surface area contributed by atoms with E-state index in [1.54, 1.807) is 24.3 Å². The van der Waals surface area contributed by atoms with E-state index in [0.29, 0.717) is 22.1 Å². The highest BCUT2D eigenvalue weighted by Crippen LogP contribution is 2.37. The van der Waals surface area contributed by atoms with Crippen molar-refractivity contribution in [3.63, 3.8) is 0 Å². The summed E-state index contributed by atoms with van der Waals surface area (Å²) in [5.41, 5.74) is 0.572. The van der Waals surface area contributed by atoms with Crippen LogP contribution in [0.2, 0.25) is 0 Å². The molecule has 0 amide bonds. The molecule has 0 aromatic heterocycles. The van der Waals surface area contributed by atoms with Gasteiger partial charge in [0.05, 0.1) is 19.6 Å². The predicted octanol–water partition coefficient (Wildman–Crippen LogP) is 4.33. The molecule has 0 spiro atoms. The molecular weight excluding hydrogens is 346 g/mol. The van der Waals surface area contributed by atoms with Crippen LogP contribution in [0.1, 0.15) is 30.6 Å². The van der Waals surface area contributed by atoms with Crippen molar-refractivity contribution >= 4 is 33.2 Å². The van der Waals surface area contributed by atoms with E-state index in [0.717, 1.165) is 0 Å². The molecule has 0 saturated carbocycles. The number of hydrogen-bond acceptors (Lipinski definition) is 3. The van der Waals surface area contributed by atoms with Crippen molar-refractivity contribution in [1.29, 1.82) is 0 Å². The number of allylic oxidation sites excluding steroid dienone is 2. The van der Waals surface area contributed by atoms with Crippen molar-refractivity contribution in [2.75, 3.05) is 7.11 Å². The van der Waals surface area contributed by atoms with Gasteiger partial charge in [-0.1, -0.05) is 41.9 Å². The van der Waals surface area contributed by atoms with Gasteiger partial charge in [0, 0.05) is 10.0 Å². The van der Waals surface area contributed by atoms with Gasteiger partial charge in [-0.25, -0.2) is 4.85 Å². The second-order valence-corrected chi connectivity index (χ2v) is 6.82. The Morgan fingerprint density at radius 1 is 1.45 bits per heavy atom. The molecule has 1 aliphatic carbocycles. The third kappa shape index (κ3) is 3.12. The van der Waals surface area contributed by atoms with Gasteiger partial charge < -0.3 is 4.74 Å². The summed E-state index contributed by atoms with van der Waals surface area (Å²) in [5.74, 6) is -1.03. The van der Waals surface area contributed by atoms with Gasteiger partial charge in [-0.05, 0) is 24.0 Å². The molecule has 22 heavy (non-hydrogen) atoms. The molecule has 0 aliphatic heterocycles. The molecule has 0 bridgehead atoms. The van der Waals surface area contributed by atoms with E-state index in [1.165, 1.54) is 7.11 Å². The fourth-order valence-electron chi connectivity index (χ4n) is 2.60. The molecule has 0 fully saturated rings. The minimum Gasteiger partial charge on any atom is -0.493 e. The maximum atomic E-state index is 12.7. The summed E-state index contributed by atoms with van der Waals surface area (Å²) in [4.78, 5) is 28.4. The first kappa shape index (κ1) is 16.4. The summed E-state index contributed by atoms with van der Waals surface area (Å²) < 4.78 is 5.68. The Morgan fingerprint density at radius 2 is 2.14 bits per heavy atom.